The highest BCUT2D eigenvalue weighted by Crippen LogP contribution is 2.38. The third kappa shape index (κ3) is 2.12. The number of allylic oxidation sites excluding steroid dienone is 5. The van der Waals surface area contributed by atoms with Gasteiger partial charge in [0.05, 0.1) is 0 Å². The SMILES string of the molecule is C=CC1=C(c2ccccc2C)C(C)CC=C1C. The van der Waals surface area contributed by atoms with Crippen LogP contribution in [0.5, 0.6) is 0 Å². The molecule has 0 saturated heterocycles. The average molecular weight is 224 g/mol. The monoisotopic (exact) mass is 224 g/mol. The van der Waals surface area contributed by atoms with Gasteiger partial charge in [-0.05, 0) is 54.0 Å². The molecule has 0 aromatic heterocycles. The lowest BCUT2D eigenvalue weighted by Crippen LogP contribution is -2.08. The number of rotatable bonds is 2. The van der Waals surface area contributed by atoms with E-state index < -0.39 is 0 Å². The summed E-state index contributed by atoms with van der Waals surface area (Å²) >= 11 is 0. The largest absolute Gasteiger partial charge is 0.0984 e. The van der Waals surface area contributed by atoms with Crippen LogP contribution in [0, 0.1) is 12.8 Å². The van der Waals surface area contributed by atoms with Gasteiger partial charge in [0.25, 0.3) is 0 Å². The van der Waals surface area contributed by atoms with Crippen molar-refractivity contribution in [3.05, 3.63) is 65.3 Å². The number of hydrogen-bond donors (Lipinski definition) is 0. The first-order chi connectivity index (χ1) is 8.15. The fraction of sp³-hybridized carbons (Fsp3) is 0.294. The summed E-state index contributed by atoms with van der Waals surface area (Å²) in [7, 11) is 0. The zero-order chi connectivity index (χ0) is 12.4. The van der Waals surface area contributed by atoms with E-state index in [4.69, 9.17) is 0 Å². The van der Waals surface area contributed by atoms with E-state index in [1.54, 1.807) is 0 Å². The van der Waals surface area contributed by atoms with Crippen LogP contribution in [0.4, 0.5) is 0 Å². The molecule has 2 rings (SSSR count). The molecule has 1 aromatic carbocycles. The van der Waals surface area contributed by atoms with Crippen LogP contribution in [0.25, 0.3) is 5.57 Å². The molecule has 0 radical (unpaired) electrons. The van der Waals surface area contributed by atoms with Crippen molar-refractivity contribution in [1.29, 1.82) is 0 Å². The highest BCUT2D eigenvalue weighted by Gasteiger charge is 2.20. The minimum Gasteiger partial charge on any atom is -0.0984 e. The first-order valence-electron chi connectivity index (χ1n) is 6.25. The second kappa shape index (κ2) is 4.75. The highest BCUT2D eigenvalue weighted by atomic mass is 14.2. The van der Waals surface area contributed by atoms with Gasteiger partial charge in [0.1, 0.15) is 0 Å². The van der Waals surface area contributed by atoms with E-state index in [-0.39, 0.29) is 0 Å². The molecular weight excluding hydrogens is 204 g/mol. The van der Waals surface area contributed by atoms with Crippen LogP contribution in [0.3, 0.4) is 0 Å². The molecule has 1 atom stereocenters. The predicted octanol–water partition coefficient (Wildman–Crippen LogP) is 4.92. The van der Waals surface area contributed by atoms with Gasteiger partial charge in [0.15, 0.2) is 0 Å². The summed E-state index contributed by atoms with van der Waals surface area (Å²) in [6.45, 7) is 10.6. The molecular formula is C17H20. The van der Waals surface area contributed by atoms with E-state index in [0.29, 0.717) is 5.92 Å². The number of aryl methyl sites for hydroxylation is 1. The Morgan fingerprint density at radius 1 is 1.24 bits per heavy atom. The first-order valence-corrected chi connectivity index (χ1v) is 6.25. The van der Waals surface area contributed by atoms with Crippen molar-refractivity contribution in [2.24, 2.45) is 5.92 Å². The topological polar surface area (TPSA) is 0 Å². The Morgan fingerprint density at radius 2 is 1.94 bits per heavy atom. The Hall–Kier alpha value is -1.56. The van der Waals surface area contributed by atoms with Crippen molar-refractivity contribution >= 4 is 5.57 Å². The Kier molecular flexibility index (Phi) is 3.33. The maximum Gasteiger partial charge on any atom is -0.0144 e. The Bertz CT molecular complexity index is 501. The summed E-state index contributed by atoms with van der Waals surface area (Å²) in [4.78, 5) is 0. The Morgan fingerprint density at radius 3 is 2.59 bits per heavy atom. The van der Waals surface area contributed by atoms with Gasteiger partial charge >= 0.3 is 0 Å². The number of benzene rings is 1. The summed E-state index contributed by atoms with van der Waals surface area (Å²) in [5.41, 5.74) is 6.86. The molecule has 0 spiro atoms. The summed E-state index contributed by atoms with van der Waals surface area (Å²) in [6.07, 6.45) is 5.46. The van der Waals surface area contributed by atoms with Crippen LogP contribution in [0.15, 0.2) is 54.1 Å². The predicted molar refractivity (Wildman–Crippen MR) is 75.8 cm³/mol. The van der Waals surface area contributed by atoms with Gasteiger partial charge in [-0.2, -0.15) is 0 Å². The summed E-state index contributed by atoms with van der Waals surface area (Å²) in [5.74, 6) is 0.577. The van der Waals surface area contributed by atoms with Crippen molar-refractivity contribution in [2.45, 2.75) is 27.2 Å². The number of hydrogen-bond acceptors (Lipinski definition) is 0. The van der Waals surface area contributed by atoms with E-state index in [1.807, 2.05) is 6.08 Å². The molecule has 0 amide bonds. The zero-order valence-electron chi connectivity index (χ0n) is 11.0. The molecule has 1 aliphatic rings. The minimum absolute atomic E-state index is 0.577. The van der Waals surface area contributed by atoms with Gasteiger partial charge in [-0.3, -0.25) is 0 Å². The maximum atomic E-state index is 3.98. The third-order valence-corrected chi connectivity index (χ3v) is 3.62. The zero-order valence-corrected chi connectivity index (χ0v) is 11.0. The summed E-state index contributed by atoms with van der Waals surface area (Å²) in [6, 6.07) is 8.63. The summed E-state index contributed by atoms with van der Waals surface area (Å²) < 4.78 is 0. The van der Waals surface area contributed by atoms with Gasteiger partial charge in [0.2, 0.25) is 0 Å². The first kappa shape index (κ1) is 11.9. The fourth-order valence-electron chi connectivity index (χ4n) is 2.62. The van der Waals surface area contributed by atoms with Crippen molar-refractivity contribution in [3.8, 4) is 0 Å². The molecule has 1 unspecified atom stereocenters. The molecule has 0 heteroatoms. The molecule has 0 nitrogen and oxygen atoms in total. The molecule has 0 heterocycles. The smallest absolute Gasteiger partial charge is 0.0144 e. The lowest BCUT2D eigenvalue weighted by atomic mass is 9.79. The quantitative estimate of drug-likeness (QED) is 0.668. The normalized spacial score (nSPS) is 20.2. The standard InChI is InChI=1S/C17H20/c1-5-15-13(3)10-11-14(4)17(15)16-9-7-6-8-12(16)2/h5-10,14H,1,11H2,2-4H3. The van der Waals surface area contributed by atoms with Crippen molar-refractivity contribution < 1.29 is 0 Å². The van der Waals surface area contributed by atoms with E-state index in [0.717, 1.165) is 6.42 Å². The molecule has 0 aliphatic heterocycles. The van der Waals surface area contributed by atoms with Crippen LogP contribution < -0.4 is 0 Å². The van der Waals surface area contributed by atoms with E-state index in [2.05, 4.69) is 57.7 Å². The Labute approximate surface area is 104 Å². The highest BCUT2D eigenvalue weighted by molar-refractivity contribution is 5.79. The lowest BCUT2D eigenvalue weighted by molar-refractivity contribution is 0.747. The molecule has 0 saturated carbocycles. The van der Waals surface area contributed by atoms with Gasteiger partial charge in [-0.1, -0.05) is 49.9 Å². The maximum absolute atomic E-state index is 3.98. The van der Waals surface area contributed by atoms with E-state index in [1.165, 1.54) is 27.8 Å². The Balaban J connectivity index is 2.65. The van der Waals surface area contributed by atoms with Crippen LogP contribution in [-0.4, -0.2) is 0 Å². The van der Waals surface area contributed by atoms with E-state index >= 15 is 0 Å². The van der Waals surface area contributed by atoms with E-state index in [9.17, 15) is 0 Å². The van der Waals surface area contributed by atoms with Crippen molar-refractivity contribution in [2.75, 3.05) is 0 Å². The molecule has 0 bridgehead atoms. The van der Waals surface area contributed by atoms with Crippen LogP contribution in [0.1, 0.15) is 31.4 Å². The van der Waals surface area contributed by atoms with Crippen LogP contribution >= 0.6 is 0 Å². The molecule has 1 aromatic rings. The van der Waals surface area contributed by atoms with Crippen LogP contribution in [0.2, 0.25) is 0 Å². The van der Waals surface area contributed by atoms with Gasteiger partial charge in [-0.25, -0.2) is 0 Å². The minimum atomic E-state index is 0.577. The average Bonchev–Trinajstić information content (AvgIpc) is 2.33. The molecule has 0 fully saturated rings. The van der Waals surface area contributed by atoms with Gasteiger partial charge in [-0.15, -0.1) is 0 Å². The van der Waals surface area contributed by atoms with Gasteiger partial charge in [0, 0.05) is 0 Å². The van der Waals surface area contributed by atoms with Gasteiger partial charge < -0.3 is 0 Å². The summed E-state index contributed by atoms with van der Waals surface area (Å²) in [5, 5.41) is 0. The fourth-order valence-corrected chi connectivity index (χ4v) is 2.62. The molecule has 1 aliphatic carbocycles. The van der Waals surface area contributed by atoms with Crippen molar-refractivity contribution in [1.82, 2.24) is 0 Å². The lowest BCUT2D eigenvalue weighted by Gasteiger charge is -2.25. The van der Waals surface area contributed by atoms with Crippen molar-refractivity contribution in [3.63, 3.8) is 0 Å². The molecule has 88 valence electrons. The van der Waals surface area contributed by atoms with Crippen LogP contribution in [-0.2, 0) is 0 Å². The molecule has 17 heavy (non-hydrogen) atoms. The molecule has 0 N–H and O–H groups in total. The second-order valence-electron chi connectivity index (χ2n) is 4.87. The third-order valence-electron chi connectivity index (χ3n) is 3.62. The second-order valence-corrected chi connectivity index (χ2v) is 4.87.